The van der Waals surface area contributed by atoms with Crippen LogP contribution >= 0.6 is 23.5 Å². The molecule has 0 aliphatic carbocycles. The van der Waals surface area contributed by atoms with Crippen LogP contribution in [-0.4, -0.2) is 34.8 Å². The summed E-state index contributed by atoms with van der Waals surface area (Å²) in [5.74, 6) is 1.79. The summed E-state index contributed by atoms with van der Waals surface area (Å²) in [4.78, 5) is 1.14. The highest BCUT2D eigenvalue weighted by Crippen LogP contribution is 2.39. The molecule has 0 amide bonds. The van der Waals surface area contributed by atoms with E-state index in [1.165, 1.54) is 0 Å². The molecule has 2 rings (SSSR count). The summed E-state index contributed by atoms with van der Waals surface area (Å²) in [6.45, 7) is 0. The van der Waals surface area contributed by atoms with E-state index in [1.807, 2.05) is 30.3 Å². The minimum absolute atomic E-state index is 0.176. The van der Waals surface area contributed by atoms with E-state index >= 15 is 0 Å². The van der Waals surface area contributed by atoms with Crippen LogP contribution in [0.25, 0.3) is 0 Å². The van der Waals surface area contributed by atoms with Gasteiger partial charge in [-0.25, -0.2) is 0 Å². The van der Waals surface area contributed by atoms with Crippen LogP contribution in [0.1, 0.15) is 6.42 Å². The van der Waals surface area contributed by atoms with Crippen molar-refractivity contribution < 1.29 is 9.84 Å². The molecule has 1 aromatic carbocycles. The van der Waals surface area contributed by atoms with Gasteiger partial charge in [-0.2, -0.15) is 11.8 Å². The molecule has 0 bridgehead atoms. The predicted octanol–water partition coefficient (Wildman–Crippen LogP) is 2.62. The molecule has 2 nitrogen and oxygen atoms in total. The minimum atomic E-state index is -0.681. The smallest absolute Gasteiger partial charge is 0.136 e. The van der Waals surface area contributed by atoms with Crippen molar-refractivity contribution in [1.29, 1.82) is 0 Å². The van der Waals surface area contributed by atoms with Gasteiger partial charge in [0.15, 0.2) is 0 Å². The van der Waals surface area contributed by atoms with Gasteiger partial charge in [0.25, 0.3) is 0 Å². The van der Waals surface area contributed by atoms with Crippen LogP contribution < -0.4 is 0 Å². The van der Waals surface area contributed by atoms with Gasteiger partial charge in [-0.3, -0.25) is 0 Å². The summed E-state index contributed by atoms with van der Waals surface area (Å²) in [6, 6.07) is 10.1. The number of thioether (sulfide) groups is 2. The lowest BCUT2D eigenvalue weighted by Crippen LogP contribution is -2.41. The molecule has 4 heteroatoms. The maximum Gasteiger partial charge on any atom is 0.136 e. The van der Waals surface area contributed by atoms with Gasteiger partial charge < -0.3 is 9.84 Å². The molecule has 0 aromatic heterocycles. The van der Waals surface area contributed by atoms with E-state index in [2.05, 4.69) is 0 Å². The molecular formula is C12H16O2S2. The van der Waals surface area contributed by atoms with Crippen molar-refractivity contribution in [1.82, 2.24) is 0 Å². The van der Waals surface area contributed by atoms with Crippen LogP contribution in [0.2, 0.25) is 0 Å². The molecule has 1 aliphatic heterocycles. The van der Waals surface area contributed by atoms with Crippen LogP contribution in [0.15, 0.2) is 35.2 Å². The molecule has 1 aliphatic rings. The Kier molecular flexibility index (Phi) is 4.19. The summed E-state index contributed by atoms with van der Waals surface area (Å²) >= 11 is 3.39. The van der Waals surface area contributed by atoms with Crippen molar-refractivity contribution in [3.8, 4) is 0 Å². The Morgan fingerprint density at radius 1 is 1.44 bits per heavy atom. The number of methoxy groups -OCH3 is 1. The van der Waals surface area contributed by atoms with E-state index in [0.29, 0.717) is 0 Å². The predicted molar refractivity (Wildman–Crippen MR) is 70.0 cm³/mol. The van der Waals surface area contributed by atoms with E-state index in [4.69, 9.17) is 4.74 Å². The maximum absolute atomic E-state index is 10.4. The summed E-state index contributed by atoms with van der Waals surface area (Å²) in [6.07, 6.45) is 0.815. The Morgan fingerprint density at radius 3 is 2.75 bits per heavy atom. The van der Waals surface area contributed by atoms with Gasteiger partial charge in [0.05, 0.1) is 0 Å². The monoisotopic (exact) mass is 256 g/mol. The molecule has 1 fully saturated rings. The highest BCUT2D eigenvalue weighted by molar-refractivity contribution is 8.00. The first-order valence-electron chi connectivity index (χ1n) is 5.29. The summed E-state index contributed by atoms with van der Waals surface area (Å²) in [5, 5.41) is 10.4. The molecule has 1 heterocycles. The Morgan fingerprint density at radius 2 is 2.19 bits per heavy atom. The number of benzene rings is 1. The second kappa shape index (κ2) is 5.45. The second-order valence-corrected chi connectivity index (χ2v) is 6.15. The zero-order valence-corrected chi connectivity index (χ0v) is 10.9. The molecule has 88 valence electrons. The van der Waals surface area contributed by atoms with Gasteiger partial charge in [-0.15, -0.1) is 0 Å². The van der Waals surface area contributed by atoms with Crippen molar-refractivity contribution in [2.45, 2.75) is 22.4 Å². The molecule has 2 unspecified atom stereocenters. The van der Waals surface area contributed by atoms with Gasteiger partial charge in [0.2, 0.25) is 0 Å². The largest absolute Gasteiger partial charge is 0.385 e. The number of ether oxygens (including phenoxy) is 1. The fraction of sp³-hybridized carbons (Fsp3) is 0.500. The SMILES string of the molecule is COC(Sc1ccccc1)C1(O)CCSC1. The fourth-order valence-corrected chi connectivity index (χ4v) is 4.23. The quantitative estimate of drug-likeness (QED) is 0.662. The zero-order chi connectivity index (χ0) is 11.4. The van der Waals surface area contributed by atoms with Crippen molar-refractivity contribution in [3.05, 3.63) is 30.3 Å². The Labute approximate surface area is 105 Å². The number of aliphatic hydroxyl groups is 1. The third-order valence-electron chi connectivity index (χ3n) is 2.67. The van der Waals surface area contributed by atoms with Crippen LogP contribution in [0.5, 0.6) is 0 Å². The lowest BCUT2D eigenvalue weighted by atomic mass is 10.1. The normalized spacial score (nSPS) is 26.9. The maximum atomic E-state index is 10.4. The molecular weight excluding hydrogens is 240 g/mol. The average molecular weight is 256 g/mol. The van der Waals surface area contributed by atoms with E-state index in [-0.39, 0.29) is 5.44 Å². The lowest BCUT2D eigenvalue weighted by molar-refractivity contribution is -0.0302. The van der Waals surface area contributed by atoms with Crippen LogP contribution in [-0.2, 0) is 4.74 Å². The highest BCUT2D eigenvalue weighted by atomic mass is 32.2. The van der Waals surface area contributed by atoms with Gasteiger partial charge >= 0.3 is 0 Å². The zero-order valence-electron chi connectivity index (χ0n) is 9.26. The Hall–Kier alpha value is -0.160. The fourth-order valence-electron chi connectivity index (χ4n) is 1.76. The first-order chi connectivity index (χ1) is 7.74. The summed E-state index contributed by atoms with van der Waals surface area (Å²) in [7, 11) is 1.67. The van der Waals surface area contributed by atoms with Gasteiger partial charge in [0.1, 0.15) is 11.0 Å². The van der Waals surface area contributed by atoms with E-state index in [9.17, 15) is 5.11 Å². The molecule has 0 saturated carbocycles. The number of rotatable bonds is 4. The van der Waals surface area contributed by atoms with Crippen molar-refractivity contribution in [3.63, 3.8) is 0 Å². The van der Waals surface area contributed by atoms with E-state index in [1.54, 1.807) is 30.6 Å². The minimum Gasteiger partial charge on any atom is -0.385 e. The van der Waals surface area contributed by atoms with Crippen LogP contribution in [0.3, 0.4) is 0 Å². The standard InChI is InChI=1S/C12H16O2S2/c1-14-11(12(13)7-8-15-9-12)16-10-5-3-2-4-6-10/h2-6,11,13H,7-9H2,1H3. The summed E-state index contributed by atoms with van der Waals surface area (Å²) in [5.41, 5.74) is -0.857. The molecule has 2 atom stereocenters. The molecule has 16 heavy (non-hydrogen) atoms. The number of hydrogen-bond acceptors (Lipinski definition) is 4. The van der Waals surface area contributed by atoms with Gasteiger partial charge in [-0.1, -0.05) is 30.0 Å². The Bertz CT molecular complexity index is 323. The third-order valence-corrected chi connectivity index (χ3v) is 5.26. The number of hydrogen-bond donors (Lipinski definition) is 1. The van der Waals surface area contributed by atoms with Crippen LogP contribution in [0, 0.1) is 0 Å². The molecule has 1 N–H and O–H groups in total. The van der Waals surface area contributed by atoms with Crippen LogP contribution in [0.4, 0.5) is 0 Å². The lowest BCUT2D eigenvalue weighted by Gasteiger charge is -2.30. The van der Waals surface area contributed by atoms with E-state index < -0.39 is 5.60 Å². The Balaban J connectivity index is 2.06. The molecule has 1 saturated heterocycles. The molecule has 0 radical (unpaired) electrons. The van der Waals surface area contributed by atoms with Crippen molar-refractivity contribution >= 4 is 23.5 Å². The van der Waals surface area contributed by atoms with Crippen molar-refractivity contribution in [2.24, 2.45) is 0 Å². The highest BCUT2D eigenvalue weighted by Gasteiger charge is 2.40. The molecule has 0 spiro atoms. The average Bonchev–Trinajstić information content (AvgIpc) is 2.75. The third kappa shape index (κ3) is 2.74. The first-order valence-corrected chi connectivity index (χ1v) is 7.33. The van der Waals surface area contributed by atoms with E-state index in [0.717, 1.165) is 22.8 Å². The second-order valence-electron chi connectivity index (χ2n) is 3.90. The topological polar surface area (TPSA) is 29.5 Å². The van der Waals surface area contributed by atoms with Gasteiger partial charge in [0, 0.05) is 17.8 Å². The molecule has 1 aromatic rings. The first kappa shape index (κ1) is 12.3. The van der Waals surface area contributed by atoms with Crippen molar-refractivity contribution in [2.75, 3.05) is 18.6 Å². The van der Waals surface area contributed by atoms with Gasteiger partial charge in [-0.05, 0) is 24.3 Å². The summed E-state index contributed by atoms with van der Waals surface area (Å²) < 4.78 is 5.44.